The molecule has 1 fully saturated rings. The second-order valence-corrected chi connectivity index (χ2v) is 7.27. The molecule has 0 unspecified atom stereocenters. The summed E-state index contributed by atoms with van der Waals surface area (Å²) in [6.07, 6.45) is 1.75. The van der Waals surface area contributed by atoms with Gasteiger partial charge in [-0.3, -0.25) is 9.69 Å². The summed E-state index contributed by atoms with van der Waals surface area (Å²) in [4.78, 5) is 14.5. The molecular weight excluding hydrogens is 362 g/mol. The first-order chi connectivity index (χ1) is 14.3. The molecule has 0 atom stereocenters. The van der Waals surface area contributed by atoms with Gasteiger partial charge in [0, 0.05) is 38.2 Å². The van der Waals surface area contributed by atoms with Crippen molar-refractivity contribution in [2.75, 3.05) is 19.7 Å². The number of hydrogen-bond donors (Lipinski definition) is 1. The van der Waals surface area contributed by atoms with Crippen molar-refractivity contribution in [2.45, 2.75) is 19.4 Å². The van der Waals surface area contributed by atoms with Crippen LogP contribution < -0.4 is 10.2 Å². The normalized spacial score (nSPS) is 14.6. The molecule has 5 heteroatoms. The quantitative estimate of drug-likeness (QED) is 0.651. The van der Waals surface area contributed by atoms with Crippen molar-refractivity contribution in [3.63, 3.8) is 0 Å². The SMILES string of the molecule is O=C(COc1ccc2ccccc2c1)NN=C1CCN(Cc2ccccc2)CC1. The Morgan fingerprint density at radius 3 is 2.45 bits per heavy atom. The van der Waals surface area contributed by atoms with Gasteiger partial charge < -0.3 is 4.74 Å². The zero-order valence-electron chi connectivity index (χ0n) is 16.4. The zero-order valence-corrected chi connectivity index (χ0v) is 16.4. The molecule has 148 valence electrons. The number of benzene rings is 3. The lowest BCUT2D eigenvalue weighted by atomic mass is 10.1. The van der Waals surface area contributed by atoms with Crippen molar-refractivity contribution in [3.8, 4) is 5.75 Å². The van der Waals surface area contributed by atoms with E-state index in [1.165, 1.54) is 5.56 Å². The van der Waals surface area contributed by atoms with Gasteiger partial charge in [-0.25, -0.2) is 5.43 Å². The third-order valence-electron chi connectivity index (χ3n) is 5.11. The predicted molar refractivity (Wildman–Crippen MR) is 116 cm³/mol. The third-order valence-corrected chi connectivity index (χ3v) is 5.11. The molecule has 0 aromatic heterocycles. The highest BCUT2D eigenvalue weighted by molar-refractivity contribution is 5.87. The Morgan fingerprint density at radius 1 is 0.931 bits per heavy atom. The first-order valence-corrected chi connectivity index (χ1v) is 9.98. The van der Waals surface area contributed by atoms with E-state index < -0.39 is 0 Å². The number of nitrogens with zero attached hydrogens (tertiary/aromatic N) is 2. The van der Waals surface area contributed by atoms with Crippen LogP contribution in [0.2, 0.25) is 0 Å². The molecule has 4 rings (SSSR count). The Hall–Kier alpha value is -3.18. The van der Waals surface area contributed by atoms with Crippen molar-refractivity contribution in [1.82, 2.24) is 10.3 Å². The van der Waals surface area contributed by atoms with Crippen molar-refractivity contribution < 1.29 is 9.53 Å². The number of carbonyl (C=O) groups is 1. The first-order valence-electron chi connectivity index (χ1n) is 9.98. The molecule has 0 saturated carbocycles. The monoisotopic (exact) mass is 387 g/mol. The highest BCUT2D eigenvalue weighted by atomic mass is 16.5. The van der Waals surface area contributed by atoms with Crippen LogP contribution >= 0.6 is 0 Å². The number of likely N-dealkylation sites (tertiary alicyclic amines) is 1. The maximum atomic E-state index is 12.1. The molecule has 5 nitrogen and oxygen atoms in total. The second kappa shape index (κ2) is 9.34. The van der Waals surface area contributed by atoms with Gasteiger partial charge in [0.2, 0.25) is 0 Å². The van der Waals surface area contributed by atoms with Crippen molar-refractivity contribution in [1.29, 1.82) is 0 Å². The van der Waals surface area contributed by atoms with E-state index in [1.807, 2.05) is 48.5 Å². The highest BCUT2D eigenvalue weighted by Crippen LogP contribution is 2.20. The largest absolute Gasteiger partial charge is 0.484 e. The summed E-state index contributed by atoms with van der Waals surface area (Å²) in [5.41, 5.74) is 4.99. The molecule has 1 N–H and O–H groups in total. The van der Waals surface area contributed by atoms with E-state index in [1.54, 1.807) is 0 Å². The number of amides is 1. The molecule has 1 aliphatic rings. The fourth-order valence-electron chi connectivity index (χ4n) is 3.50. The number of piperidine rings is 1. The standard InChI is InChI=1S/C24H25N3O2/c28-24(18-29-23-11-10-20-8-4-5-9-21(20)16-23)26-25-22-12-14-27(15-13-22)17-19-6-2-1-3-7-19/h1-11,16H,12-15,17-18H2,(H,26,28). The van der Waals surface area contributed by atoms with Crippen LogP contribution in [0.3, 0.4) is 0 Å². The van der Waals surface area contributed by atoms with E-state index in [9.17, 15) is 4.79 Å². The molecule has 0 radical (unpaired) electrons. The highest BCUT2D eigenvalue weighted by Gasteiger charge is 2.15. The first kappa shape index (κ1) is 19.2. The average molecular weight is 387 g/mol. The van der Waals surface area contributed by atoms with Crippen LogP contribution in [0.1, 0.15) is 18.4 Å². The molecule has 1 aliphatic heterocycles. The van der Waals surface area contributed by atoms with E-state index >= 15 is 0 Å². The van der Waals surface area contributed by atoms with Crippen LogP contribution in [-0.2, 0) is 11.3 Å². The lowest BCUT2D eigenvalue weighted by molar-refractivity contribution is -0.123. The van der Waals surface area contributed by atoms with Crippen molar-refractivity contribution >= 4 is 22.4 Å². The van der Waals surface area contributed by atoms with Crippen LogP contribution in [0.25, 0.3) is 10.8 Å². The number of hydrazone groups is 1. The van der Waals surface area contributed by atoms with Crippen LogP contribution in [0, 0.1) is 0 Å². The Bertz CT molecular complexity index is 991. The van der Waals surface area contributed by atoms with Crippen LogP contribution in [-0.4, -0.2) is 36.2 Å². The fraction of sp³-hybridized carbons (Fsp3) is 0.250. The third kappa shape index (κ3) is 5.42. The predicted octanol–water partition coefficient (Wildman–Crippen LogP) is 3.99. The van der Waals surface area contributed by atoms with Gasteiger partial charge in [0.15, 0.2) is 6.61 Å². The number of nitrogens with one attached hydrogen (secondary N) is 1. The molecule has 1 heterocycles. The van der Waals surface area contributed by atoms with Crippen molar-refractivity contribution in [3.05, 3.63) is 78.4 Å². The Morgan fingerprint density at radius 2 is 1.66 bits per heavy atom. The maximum absolute atomic E-state index is 12.1. The summed E-state index contributed by atoms with van der Waals surface area (Å²) in [6, 6.07) is 24.4. The van der Waals surface area contributed by atoms with Crippen LogP contribution in [0.5, 0.6) is 5.75 Å². The van der Waals surface area contributed by atoms with Gasteiger partial charge in [-0.1, -0.05) is 60.7 Å². The minimum atomic E-state index is -0.239. The van der Waals surface area contributed by atoms with E-state index in [-0.39, 0.29) is 12.5 Å². The molecule has 29 heavy (non-hydrogen) atoms. The summed E-state index contributed by atoms with van der Waals surface area (Å²) >= 11 is 0. The molecular formula is C24H25N3O2. The number of ether oxygens (including phenoxy) is 1. The topological polar surface area (TPSA) is 53.9 Å². The van der Waals surface area contributed by atoms with Gasteiger partial charge in [-0.2, -0.15) is 5.10 Å². The summed E-state index contributed by atoms with van der Waals surface area (Å²) in [5, 5.41) is 6.54. The van der Waals surface area contributed by atoms with Gasteiger partial charge in [0.1, 0.15) is 5.75 Å². The van der Waals surface area contributed by atoms with Gasteiger partial charge >= 0.3 is 0 Å². The van der Waals surface area contributed by atoms with Crippen LogP contribution in [0.4, 0.5) is 0 Å². The number of rotatable bonds is 6. The Labute approximate surface area is 171 Å². The molecule has 1 amide bonds. The fourth-order valence-corrected chi connectivity index (χ4v) is 3.50. The average Bonchev–Trinajstić information content (AvgIpc) is 2.78. The summed E-state index contributed by atoms with van der Waals surface area (Å²) in [7, 11) is 0. The van der Waals surface area contributed by atoms with Crippen LogP contribution in [0.15, 0.2) is 77.9 Å². The molecule has 0 spiro atoms. The molecule has 3 aromatic rings. The van der Waals surface area contributed by atoms with Gasteiger partial charge in [-0.05, 0) is 28.5 Å². The lowest BCUT2D eigenvalue weighted by Gasteiger charge is -2.27. The second-order valence-electron chi connectivity index (χ2n) is 7.27. The number of fused-ring (bicyclic) bond motifs is 1. The van der Waals surface area contributed by atoms with E-state index in [2.05, 4.69) is 39.7 Å². The van der Waals surface area contributed by atoms with Crippen molar-refractivity contribution in [2.24, 2.45) is 5.10 Å². The summed E-state index contributed by atoms with van der Waals surface area (Å²) < 4.78 is 5.61. The summed E-state index contributed by atoms with van der Waals surface area (Å²) in [5.74, 6) is 0.443. The minimum absolute atomic E-state index is 0.0464. The molecule has 1 saturated heterocycles. The molecule has 0 bridgehead atoms. The maximum Gasteiger partial charge on any atom is 0.277 e. The van der Waals surface area contributed by atoms with Gasteiger partial charge in [0.25, 0.3) is 5.91 Å². The van der Waals surface area contributed by atoms with E-state index in [0.29, 0.717) is 5.75 Å². The van der Waals surface area contributed by atoms with Gasteiger partial charge in [-0.15, -0.1) is 0 Å². The Kier molecular flexibility index (Phi) is 6.17. The van der Waals surface area contributed by atoms with E-state index in [0.717, 1.165) is 49.0 Å². The summed E-state index contributed by atoms with van der Waals surface area (Å²) in [6.45, 7) is 2.82. The Balaban J connectivity index is 1.21. The smallest absolute Gasteiger partial charge is 0.277 e. The number of hydrogen-bond acceptors (Lipinski definition) is 4. The van der Waals surface area contributed by atoms with Gasteiger partial charge in [0.05, 0.1) is 0 Å². The molecule has 0 aliphatic carbocycles. The van der Waals surface area contributed by atoms with E-state index in [4.69, 9.17) is 4.74 Å². The molecule has 3 aromatic carbocycles. The number of carbonyl (C=O) groups excluding carboxylic acids is 1. The zero-order chi connectivity index (χ0) is 19.9. The minimum Gasteiger partial charge on any atom is -0.484 e. The lowest BCUT2D eigenvalue weighted by Crippen LogP contribution is -2.35.